The number of nitrogens with zero attached hydrogens (tertiary/aromatic N) is 1. The molecule has 0 spiro atoms. The van der Waals surface area contributed by atoms with Crippen molar-refractivity contribution in [3.63, 3.8) is 0 Å². The van der Waals surface area contributed by atoms with Crippen molar-refractivity contribution in [3.8, 4) is 17.2 Å². The number of fused-ring (bicyclic) bond motifs is 1. The molecule has 0 aliphatic carbocycles. The Morgan fingerprint density at radius 3 is 2.26 bits per heavy atom. The molecule has 1 saturated heterocycles. The molecule has 2 heterocycles. The summed E-state index contributed by atoms with van der Waals surface area (Å²) >= 11 is 0. The molecule has 1 atom stereocenters. The number of carbonyl (C=O) groups is 3. The van der Waals surface area contributed by atoms with Crippen LogP contribution in [0, 0.1) is 5.92 Å². The van der Waals surface area contributed by atoms with Crippen LogP contribution < -0.4 is 24.8 Å². The first-order valence-electron chi connectivity index (χ1n) is 11.8. The summed E-state index contributed by atoms with van der Waals surface area (Å²) in [7, 11) is 1.58. The summed E-state index contributed by atoms with van der Waals surface area (Å²) in [5.74, 6) is 1.04. The summed E-state index contributed by atoms with van der Waals surface area (Å²) in [5, 5.41) is 5.84. The number of benzene rings is 2. The number of ether oxygens (including phenoxy) is 3. The Kier molecular flexibility index (Phi) is 7.43. The average Bonchev–Trinajstić information content (AvgIpc) is 3.34. The van der Waals surface area contributed by atoms with Crippen molar-refractivity contribution in [2.45, 2.75) is 38.8 Å². The zero-order valence-electron chi connectivity index (χ0n) is 20.2. The molecule has 186 valence electrons. The summed E-state index contributed by atoms with van der Waals surface area (Å²) in [6, 6.07) is 11.2. The Labute approximate surface area is 204 Å². The Hall–Kier alpha value is -3.75. The van der Waals surface area contributed by atoms with Gasteiger partial charge in [0.2, 0.25) is 12.7 Å². The van der Waals surface area contributed by atoms with Gasteiger partial charge in [0.1, 0.15) is 11.8 Å². The van der Waals surface area contributed by atoms with Crippen molar-refractivity contribution in [1.82, 2.24) is 15.5 Å². The smallest absolute Gasteiger partial charge is 0.253 e. The fraction of sp³-hybridized carbons (Fsp3) is 0.423. The third-order valence-electron chi connectivity index (χ3n) is 6.27. The first-order valence-corrected chi connectivity index (χ1v) is 11.8. The minimum absolute atomic E-state index is 0.0568. The fourth-order valence-electron chi connectivity index (χ4n) is 4.39. The van der Waals surface area contributed by atoms with Crippen molar-refractivity contribution >= 4 is 17.7 Å². The number of hydrogen-bond donors (Lipinski definition) is 2. The van der Waals surface area contributed by atoms with Crippen LogP contribution in [0.1, 0.15) is 47.4 Å². The molecule has 0 aromatic heterocycles. The molecule has 0 bridgehead atoms. The molecule has 4 rings (SSSR count). The number of nitrogens with one attached hydrogen (secondary N) is 2. The topological polar surface area (TPSA) is 106 Å². The maximum absolute atomic E-state index is 13.0. The minimum atomic E-state index is -0.714. The van der Waals surface area contributed by atoms with E-state index in [9.17, 15) is 14.4 Å². The molecule has 2 aliphatic rings. The van der Waals surface area contributed by atoms with Crippen LogP contribution in [0.5, 0.6) is 17.2 Å². The van der Waals surface area contributed by atoms with Crippen molar-refractivity contribution in [3.05, 3.63) is 53.6 Å². The van der Waals surface area contributed by atoms with Gasteiger partial charge in [-0.2, -0.15) is 0 Å². The first kappa shape index (κ1) is 24.4. The van der Waals surface area contributed by atoms with Crippen LogP contribution in [0.2, 0.25) is 0 Å². The molecule has 9 nitrogen and oxygen atoms in total. The van der Waals surface area contributed by atoms with Gasteiger partial charge in [-0.05, 0) is 75.1 Å². The Bertz CT molecular complexity index is 1080. The summed E-state index contributed by atoms with van der Waals surface area (Å²) in [4.78, 5) is 40.8. The van der Waals surface area contributed by atoms with Crippen LogP contribution >= 0.6 is 0 Å². The van der Waals surface area contributed by atoms with Gasteiger partial charge < -0.3 is 29.7 Å². The lowest BCUT2D eigenvalue weighted by Gasteiger charge is -2.36. The van der Waals surface area contributed by atoms with Crippen LogP contribution in [0.3, 0.4) is 0 Å². The highest BCUT2D eigenvalue weighted by molar-refractivity contribution is 5.98. The lowest BCUT2D eigenvalue weighted by Crippen LogP contribution is -2.54. The number of hydrogen-bond acceptors (Lipinski definition) is 6. The minimum Gasteiger partial charge on any atom is -0.497 e. The van der Waals surface area contributed by atoms with E-state index in [0.717, 1.165) is 0 Å². The van der Waals surface area contributed by atoms with Gasteiger partial charge in [-0.15, -0.1) is 0 Å². The van der Waals surface area contributed by atoms with Crippen molar-refractivity contribution in [1.29, 1.82) is 0 Å². The highest BCUT2D eigenvalue weighted by Crippen LogP contribution is 2.32. The number of rotatable bonds is 7. The summed E-state index contributed by atoms with van der Waals surface area (Å²) in [6.07, 6.45) is 1.19. The van der Waals surface area contributed by atoms with Crippen molar-refractivity contribution in [2.75, 3.05) is 27.0 Å². The second-order valence-corrected chi connectivity index (χ2v) is 9.04. The molecular weight excluding hydrogens is 450 g/mol. The number of likely N-dealkylation sites (tertiary alicyclic amines) is 1. The normalized spacial score (nSPS) is 16.1. The molecule has 2 N–H and O–H groups in total. The molecule has 1 unspecified atom stereocenters. The number of amides is 3. The number of carbonyl (C=O) groups excluding carboxylic acids is 3. The van der Waals surface area contributed by atoms with Gasteiger partial charge in [0.15, 0.2) is 11.5 Å². The van der Waals surface area contributed by atoms with E-state index in [4.69, 9.17) is 14.2 Å². The Morgan fingerprint density at radius 2 is 1.60 bits per heavy atom. The van der Waals surface area contributed by atoms with Gasteiger partial charge in [0.05, 0.1) is 7.11 Å². The van der Waals surface area contributed by atoms with E-state index in [1.54, 1.807) is 54.5 Å². The Balaban J connectivity index is 1.43. The lowest BCUT2D eigenvalue weighted by molar-refractivity contribution is -0.125. The highest BCUT2D eigenvalue weighted by atomic mass is 16.7. The standard InChI is InChI=1S/C26H31N3O6/c1-16(2)27-25(31)23(28-24(30)19-6-9-21-22(14-19)35-15-34-21)17-10-12-29(13-11-17)26(32)18-4-7-20(33-3)8-5-18/h4-9,14,16-17,23H,10-13,15H2,1-3H3,(H,27,31)(H,28,30). The van der Waals surface area contributed by atoms with Crippen LogP contribution in [0.4, 0.5) is 0 Å². The van der Waals surface area contributed by atoms with Crippen LogP contribution in [-0.2, 0) is 4.79 Å². The molecular formula is C26H31N3O6. The van der Waals surface area contributed by atoms with E-state index in [1.165, 1.54) is 0 Å². The summed E-state index contributed by atoms with van der Waals surface area (Å²) in [5.41, 5.74) is 0.984. The molecule has 35 heavy (non-hydrogen) atoms. The van der Waals surface area contributed by atoms with Gasteiger partial charge in [-0.25, -0.2) is 0 Å². The van der Waals surface area contributed by atoms with E-state index in [2.05, 4.69) is 10.6 Å². The molecule has 0 saturated carbocycles. The maximum Gasteiger partial charge on any atom is 0.253 e. The molecule has 2 aliphatic heterocycles. The zero-order chi connectivity index (χ0) is 24.9. The monoisotopic (exact) mass is 481 g/mol. The number of piperidine rings is 1. The largest absolute Gasteiger partial charge is 0.497 e. The first-order chi connectivity index (χ1) is 16.9. The van der Waals surface area contributed by atoms with Gasteiger partial charge in [-0.3, -0.25) is 14.4 Å². The van der Waals surface area contributed by atoms with E-state index >= 15 is 0 Å². The molecule has 1 fully saturated rings. The second kappa shape index (κ2) is 10.7. The van der Waals surface area contributed by atoms with E-state index in [0.29, 0.717) is 54.3 Å². The van der Waals surface area contributed by atoms with Gasteiger partial charge in [-0.1, -0.05) is 0 Å². The van der Waals surface area contributed by atoms with E-state index < -0.39 is 6.04 Å². The zero-order valence-corrected chi connectivity index (χ0v) is 20.2. The van der Waals surface area contributed by atoms with Gasteiger partial charge in [0, 0.05) is 30.3 Å². The predicted molar refractivity (Wildman–Crippen MR) is 129 cm³/mol. The Morgan fingerprint density at radius 1 is 0.943 bits per heavy atom. The summed E-state index contributed by atoms with van der Waals surface area (Å²) < 4.78 is 15.8. The molecule has 2 aromatic carbocycles. The molecule has 9 heteroatoms. The SMILES string of the molecule is COc1ccc(C(=O)N2CCC(C(NC(=O)c3ccc4c(c3)OCO4)C(=O)NC(C)C)CC2)cc1. The average molecular weight is 482 g/mol. The third-order valence-corrected chi connectivity index (χ3v) is 6.27. The summed E-state index contributed by atoms with van der Waals surface area (Å²) in [6.45, 7) is 4.88. The van der Waals surface area contributed by atoms with Gasteiger partial charge in [0.25, 0.3) is 11.8 Å². The fourth-order valence-corrected chi connectivity index (χ4v) is 4.39. The molecule has 2 aromatic rings. The van der Waals surface area contributed by atoms with E-state index in [1.807, 2.05) is 13.8 Å². The number of methoxy groups -OCH3 is 1. The molecule has 0 radical (unpaired) electrons. The highest BCUT2D eigenvalue weighted by Gasteiger charge is 2.34. The van der Waals surface area contributed by atoms with E-state index in [-0.39, 0.29) is 36.5 Å². The maximum atomic E-state index is 13.0. The van der Waals surface area contributed by atoms with Crippen molar-refractivity contribution < 1.29 is 28.6 Å². The predicted octanol–water partition coefficient (Wildman–Crippen LogP) is 2.60. The van der Waals surface area contributed by atoms with Crippen molar-refractivity contribution in [2.24, 2.45) is 5.92 Å². The van der Waals surface area contributed by atoms with Gasteiger partial charge >= 0.3 is 0 Å². The van der Waals surface area contributed by atoms with Crippen LogP contribution in [-0.4, -0.2) is 61.7 Å². The second-order valence-electron chi connectivity index (χ2n) is 9.04. The van der Waals surface area contributed by atoms with Crippen LogP contribution in [0.15, 0.2) is 42.5 Å². The molecule has 3 amide bonds. The third kappa shape index (κ3) is 5.67. The lowest BCUT2D eigenvalue weighted by atomic mass is 9.88. The quantitative estimate of drug-likeness (QED) is 0.630. The van der Waals surface area contributed by atoms with Crippen LogP contribution in [0.25, 0.3) is 0 Å².